The summed E-state index contributed by atoms with van der Waals surface area (Å²) in [6.07, 6.45) is 1.98. The molecule has 0 aromatic rings. The first kappa shape index (κ1) is 12.5. The standard InChI is InChI=1S/C10H16N2O4S/c13-8(14)4-2-1-3-7-10(16)6(5-17-7)11-9(15)12-10/h6-7,16H,1-5H2,(H,13,14)(H2,11,12,15)/p-1/t6-,7-,10-/m1/s1. The Balaban J connectivity index is 1.82. The van der Waals surface area contributed by atoms with E-state index in [1.807, 2.05) is 0 Å². The molecule has 3 N–H and O–H groups in total. The Hall–Kier alpha value is -0.950. The molecule has 2 aliphatic heterocycles. The first-order valence-electron chi connectivity index (χ1n) is 5.65. The van der Waals surface area contributed by atoms with E-state index < -0.39 is 11.7 Å². The number of fused-ring (bicyclic) bond motifs is 1. The highest BCUT2D eigenvalue weighted by Gasteiger charge is 2.55. The Kier molecular flexibility index (Phi) is 3.48. The van der Waals surface area contributed by atoms with Crippen molar-refractivity contribution in [2.45, 2.75) is 42.7 Å². The summed E-state index contributed by atoms with van der Waals surface area (Å²) < 4.78 is 0. The number of aliphatic carboxylic acids is 1. The van der Waals surface area contributed by atoms with Crippen molar-refractivity contribution in [3.63, 3.8) is 0 Å². The van der Waals surface area contributed by atoms with Gasteiger partial charge in [-0.3, -0.25) is 0 Å². The molecule has 0 unspecified atom stereocenters. The van der Waals surface area contributed by atoms with Crippen molar-refractivity contribution < 1.29 is 19.8 Å². The molecule has 2 saturated heterocycles. The third-order valence-corrected chi connectivity index (χ3v) is 4.73. The minimum Gasteiger partial charge on any atom is -0.550 e. The maximum absolute atomic E-state index is 11.1. The number of thioether (sulfide) groups is 1. The number of carboxylic acids is 1. The van der Waals surface area contributed by atoms with Crippen LogP contribution in [0.2, 0.25) is 0 Å². The molecule has 0 spiro atoms. The Morgan fingerprint density at radius 2 is 2.35 bits per heavy atom. The van der Waals surface area contributed by atoms with Gasteiger partial charge in [-0.25, -0.2) is 4.79 Å². The molecule has 2 heterocycles. The molecule has 2 amide bonds. The number of amides is 2. The molecule has 6 nitrogen and oxygen atoms in total. The third kappa shape index (κ3) is 2.50. The van der Waals surface area contributed by atoms with E-state index in [0.29, 0.717) is 25.0 Å². The minimum absolute atomic E-state index is 0.0455. The zero-order valence-corrected chi connectivity index (χ0v) is 10.1. The van der Waals surface area contributed by atoms with Crippen molar-refractivity contribution in [2.24, 2.45) is 0 Å². The second-order valence-corrected chi connectivity index (χ2v) is 5.65. The van der Waals surface area contributed by atoms with Crippen LogP contribution >= 0.6 is 11.8 Å². The van der Waals surface area contributed by atoms with E-state index in [4.69, 9.17) is 0 Å². The zero-order valence-electron chi connectivity index (χ0n) is 9.27. The van der Waals surface area contributed by atoms with Gasteiger partial charge >= 0.3 is 6.03 Å². The molecule has 2 rings (SSSR count). The quantitative estimate of drug-likeness (QED) is 0.424. The highest BCUT2D eigenvalue weighted by Crippen LogP contribution is 2.39. The summed E-state index contributed by atoms with van der Waals surface area (Å²) >= 11 is 1.60. The average Bonchev–Trinajstić information content (AvgIpc) is 2.66. The fraction of sp³-hybridized carbons (Fsp3) is 0.800. The van der Waals surface area contributed by atoms with E-state index >= 15 is 0 Å². The first-order valence-corrected chi connectivity index (χ1v) is 6.70. The molecular weight excluding hydrogens is 244 g/mol. The average molecular weight is 259 g/mol. The molecule has 0 saturated carbocycles. The zero-order chi connectivity index (χ0) is 12.5. The highest BCUT2D eigenvalue weighted by molar-refractivity contribution is 8.00. The molecule has 0 bridgehead atoms. The predicted octanol–water partition coefficient (Wildman–Crippen LogP) is -1.22. The van der Waals surface area contributed by atoms with Crippen LogP contribution in [0.25, 0.3) is 0 Å². The van der Waals surface area contributed by atoms with Gasteiger partial charge in [0.1, 0.15) is 0 Å². The van der Waals surface area contributed by atoms with Crippen molar-refractivity contribution >= 4 is 23.8 Å². The van der Waals surface area contributed by atoms with Crippen molar-refractivity contribution in [1.29, 1.82) is 0 Å². The van der Waals surface area contributed by atoms with E-state index in [-0.39, 0.29) is 23.7 Å². The number of hydrogen-bond acceptors (Lipinski definition) is 5. The van der Waals surface area contributed by atoms with Gasteiger partial charge in [-0.15, -0.1) is 0 Å². The molecule has 17 heavy (non-hydrogen) atoms. The van der Waals surface area contributed by atoms with Gasteiger partial charge in [-0.2, -0.15) is 11.8 Å². The SMILES string of the molecule is O=C([O-])CCCC[C@H]1SC[C@H]2NC(=O)N[C@@]21O. The van der Waals surface area contributed by atoms with Crippen molar-refractivity contribution in [1.82, 2.24) is 10.6 Å². The molecular formula is C10H15N2O4S-. The lowest BCUT2D eigenvalue weighted by Gasteiger charge is -2.27. The lowest BCUT2D eigenvalue weighted by atomic mass is 9.99. The summed E-state index contributed by atoms with van der Waals surface area (Å²) in [5.74, 6) is -0.364. The van der Waals surface area contributed by atoms with Gasteiger partial charge in [0.05, 0.1) is 11.3 Å². The number of nitrogens with one attached hydrogen (secondary N) is 2. The van der Waals surface area contributed by atoms with E-state index in [0.717, 1.165) is 0 Å². The van der Waals surface area contributed by atoms with Crippen LogP contribution in [0.15, 0.2) is 0 Å². The number of aliphatic hydroxyl groups is 1. The lowest BCUT2D eigenvalue weighted by molar-refractivity contribution is -0.305. The summed E-state index contributed by atoms with van der Waals surface area (Å²) in [5.41, 5.74) is -1.18. The second kappa shape index (κ2) is 4.73. The van der Waals surface area contributed by atoms with Crippen LogP contribution in [-0.4, -0.2) is 39.9 Å². The van der Waals surface area contributed by atoms with E-state index in [9.17, 15) is 19.8 Å². The second-order valence-electron chi connectivity index (χ2n) is 4.42. The lowest BCUT2D eigenvalue weighted by Crippen LogP contribution is -2.53. The molecule has 0 aromatic carbocycles. The fourth-order valence-electron chi connectivity index (χ4n) is 2.29. The Bertz CT molecular complexity index is 338. The minimum atomic E-state index is -1.18. The summed E-state index contributed by atoms with van der Waals surface area (Å²) in [4.78, 5) is 21.4. The van der Waals surface area contributed by atoms with Gasteiger partial charge in [0.15, 0.2) is 5.72 Å². The number of carbonyl (C=O) groups excluding carboxylic acids is 2. The Morgan fingerprint density at radius 1 is 1.59 bits per heavy atom. The number of urea groups is 1. The van der Waals surface area contributed by atoms with E-state index in [1.54, 1.807) is 11.8 Å². The van der Waals surface area contributed by atoms with Gasteiger partial charge in [-0.1, -0.05) is 6.42 Å². The normalized spacial score (nSPS) is 35.2. The van der Waals surface area contributed by atoms with E-state index in [2.05, 4.69) is 10.6 Å². The molecule has 2 aliphatic rings. The van der Waals surface area contributed by atoms with Crippen molar-refractivity contribution in [2.75, 3.05) is 5.75 Å². The molecule has 7 heteroatoms. The van der Waals surface area contributed by atoms with Gasteiger partial charge in [0.2, 0.25) is 0 Å². The van der Waals surface area contributed by atoms with Crippen LogP contribution in [0.4, 0.5) is 4.79 Å². The van der Waals surface area contributed by atoms with Crippen LogP contribution in [0.3, 0.4) is 0 Å². The maximum atomic E-state index is 11.1. The summed E-state index contributed by atoms with van der Waals surface area (Å²) in [7, 11) is 0. The van der Waals surface area contributed by atoms with Crippen molar-refractivity contribution in [3.05, 3.63) is 0 Å². The molecule has 0 aliphatic carbocycles. The predicted molar refractivity (Wildman–Crippen MR) is 60.1 cm³/mol. The van der Waals surface area contributed by atoms with Crippen LogP contribution in [-0.2, 0) is 4.79 Å². The topological polar surface area (TPSA) is 101 Å². The van der Waals surface area contributed by atoms with Gasteiger partial charge < -0.3 is 25.6 Å². The van der Waals surface area contributed by atoms with Crippen LogP contribution in [0.1, 0.15) is 25.7 Å². The summed E-state index contributed by atoms with van der Waals surface area (Å²) in [6, 6.07) is -0.580. The van der Waals surface area contributed by atoms with Gasteiger partial charge in [-0.05, 0) is 19.3 Å². The molecule has 3 atom stereocenters. The molecule has 2 fully saturated rings. The third-order valence-electron chi connectivity index (χ3n) is 3.20. The van der Waals surface area contributed by atoms with E-state index in [1.165, 1.54) is 0 Å². The van der Waals surface area contributed by atoms with Gasteiger partial charge in [0.25, 0.3) is 0 Å². The highest BCUT2D eigenvalue weighted by atomic mass is 32.2. The number of carbonyl (C=O) groups is 2. The van der Waals surface area contributed by atoms with Crippen LogP contribution in [0, 0.1) is 0 Å². The molecule has 0 radical (unpaired) electrons. The monoisotopic (exact) mass is 259 g/mol. The van der Waals surface area contributed by atoms with Crippen LogP contribution < -0.4 is 15.7 Å². The fourth-order valence-corrected chi connectivity index (χ4v) is 3.86. The summed E-state index contributed by atoms with van der Waals surface area (Å²) in [6.45, 7) is 0. The maximum Gasteiger partial charge on any atom is 0.317 e. The Morgan fingerprint density at radius 3 is 3.06 bits per heavy atom. The number of hydrogen-bond donors (Lipinski definition) is 3. The van der Waals surface area contributed by atoms with Crippen molar-refractivity contribution in [3.8, 4) is 0 Å². The number of carboxylic acid groups (broad SMARTS) is 1. The summed E-state index contributed by atoms with van der Waals surface area (Å²) in [5, 5.41) is 25.7. The largest absolute Gasteiger partial charge is 0.550 e. The number of unbranched alkanes of at least 4 members (excludes halogenated alkanes) is 1. The smallest absolute Gasteiger partial charge is 0.317 e. The van der Waals surface area contributed by atoms with Gasteiger partial charge in [0, 0.05) is 11.7 Å². The first-order chi connectivity index (χ1) is 8.02. The molecule has 0 aromatic heterocycles. The Labute approximate surface area is 103 Å². The van der Waals surface area contributed by atoms with Crippen LogP contribution in [0.5, 0.6) is 0 Å². The number of rotatable bonds is 5. The molecule has 96 valence electrons.